The van der Waals surface area contributed by atoms with Crippen LogP contribution in [0, 0.1) is 0 Å². The zero-order valence-electron chi connectivity index (χ0n) is 10.8. The number of hydrogen-bond donors (Lipinski definition) is 1. The Hall–Kier alpha value is -1.70. The molecule has 17 heavy (non-hydrogen) atoms. The van der Waals surface area contributed by atoms with Crippen molar-refractivity contribution in [2.75, 3.05) is 7.11 Å². The number of rotatable bonds is 4. The first kappa shape index (κ1) is 13.4. The van der Waals surface area contributed by atoms with Crippen LogP contribution in [0.1, 0.15) is 26.2 Å². The van der Waals surface area contributed by atoms with Gasteiger partial charge in [0, 0.05) is 0 Å². The van der Waals surface area contributed by atoms with E-state index in [4.69, 9.17) is 10.5 Å². The molecule has 2 N–H and O–H groups in total. The average Bonchev–Trinajstić information content (AvgIpc) is 2.53. The van der Waals surface area contributed by atoms with E-state index in [1.807, 2.05) is 13.0 Å². The van der Waals surface area contributed by atoms with Crippen molar-refractivity contribution in [1.29, 1.82) is 0 Å². The highest BCUT2D eigenvalue weighted by molar-refractivity contribution is 5.43. The van der Waals surface area contributed by atoms with Gasteiger partial charge in [-0.1, -0.05) is 30.9 Å². The maximum atomic E-state index is 5.92. The van der Waals surface area contributed by atoms with Gasteiger partial charge < -0.3 is 10.5 Å². The number of nitrogens with two attached hydrogens (primary N) is 1. The fourth-order valence-electron chi connectivity index (χ4n) is 1.86. The fourth-order valence-corrected chi connectivity index (χ4v) is 1.86. The molecule has 2 heteroatoms. The first-order valence-corrected chi connectivity index (χ1v) is 5.79. The molecule has 0 saturated heterocycles. The molecule has 0 heterocycles. The lowest BCUT2D eigenvalue weighted by Crippen LogP contribution is -2.03. The summed E-state index contributed by atoms with van der Waals surface area (Å²) in [6.45, 7) is 9.82. The molecule has 92 valence electrons. The molecule has 0 bridgehead atoms. The Balaban J connectivity index is 3.08. The lowest BCUT2D eigenvalue weighted by Gasteiger charge is -2.11. The van der Waals surface area contributed by atoms with E-state index in [0.717, 1.165) is 24.8 Å². The van der Waals surface area contributed by atoms with Gasteiger partial charge in [0.25, 0.3) is 0 Å². The van der Waals surface area contributed by atoms with Crippen LogP contribution in [0.3, 0.4) is 0 Å². The molecule has 1 aliphatic rings. The highest BCUT2D eigenvalue weighted by Crippen LogP contribution is 2.26. The highest BCUT2D eigenvalue weighted by Gasteiger charge is 2.08. The smallest absolute Gasteiger partial charge is 0.134 e. The lowest BCUT2D eigenvalue weighted by atomic mass is 9.96. The third-order valence-electron chi connectivity index (χ3n) is 2.87. The normalized spacial score (nSPS) is 16.7. The standard InChI is InChI=1S/C15H21NO/c1-11(2)14-9-7-5-6-8-13(14)10-15(16)12(3)17-4/h5-6,10H,1,3,7-9,16H2,2,4H3/b15-10+. The molecule has 0 aliphatic heterocycles. The first-order valence-electron chi connectivity index (χ1n) is 5.79. The summed E-state index contributed by atoms with van der Waals surface area (Å²) in [5.74, 6) is 0.506. The van der Waals surface area contributed by atoms with E-state index in [-0.39, 0.29) is 0 Å². The second-order valence-corrected chi connectivity index (χ2v) is 4.23. The number of allylic oxidation sites excluding steroid dienone is 6. The summed E-state index contributed by atoms with van der Waals surface area (Å²) in [6, 6.07) is 0. The Morgan fingerprint density at radius 1 is 1.41 bits per heavy atom. The maximum Gasteiger partial charge on any atom is 0.134 e. The molecule has 0 spiro atoms. The summed E-state index contributed by atoms with van der Waals surface area (Å²) in [5, 5.41) is 0. The van der Waals surface area contributed by atoms with Crippen LogP contribution in [0.5, 0.6) is 0 Å². The summed E-state index contributed by atoms with van der Waals surface area (Å²) >= 11 is 0. The van der Waals surface area contributed by atoms with E-state index in [9.17, 15) is 0 Å². The van der Waals surface area contributed by atoms with Crippen molar-refractivity contribution in [3.8, 4) is 0 Å². The topological polar surface area (TPSA) is 35.2 Å². The van der Waals surface area contributed by atoms with Crippen molar-refractivity contribution in [1.82, 2.24) is 0 Å². The van der Waals surface area contributed by atoms with E-state index in [0.29, 0.717) is 11.5 Å². The van der Waals surface area contributed by atoms with E-state index >= 15 is 0 Å². The predicted octanol–water partition coefficient (Wildman–Crippen LogP) is 3.60. The average molecular weight is 231 g/mol. The first-order chi connectivity index (χ1) is 8.06. The molecule has 0 aromatic rings. The van der Waals surface area contributed by atoms with Crippen molar-refractivity contribution in [2.24, 2.45) is 5.73 Å². The molecule has 2 nitrogen and oxygen atoms in total. The van der Waals surface area contributed by atoms with E-state index in [1.165, 1.54) is 11.1 Å². The second-order valence-electron chi connectivity index (χ2n) is 4.23. The van der Waals surface area contributed by atoms with E-state index in [1.54, 1.807) is 7.11 Å². The Morgan fingerprint density at radius 2 is 2.12 bits per heavy atom. The zero-order valence-corrected chi connectivity index (χ0v) is 10.8. The fraction of sp³-hybridized carbons (Fsp3) is 0.333. The van der Waals surface area contributed by atoms with Crippen LogP contribution in [0.25, 0.3) is 0 Å². The third kappa shape index (κ3) is 3.66. The third-order valence-corrected chi connectivity index (χ3v) is 2.87. The van der Waals surface area contributed by atoms with Gasteiger partial charge in [0.2, 0.25) is 0 Å². The van der Waals surface area contributed by atoms with Crippen LogP contribution >= 0.6 is 0 Å². The molecular formula is C15H21NO. The molecule has 1 rings (SSSR count). The maximum absolute atomic E-state index is 5.92. The minimum atomic E-state index is 0.506. The summed E-state index contributed by atoms with van der Waals surface area (Å²) in [7, 11) is 1.57. The quantitative estimate of drug-likeness (QED) is 0.456. The van der Waals surface area contributed by atoms with Gasteiger partial charge in [-0.15, -0.1) is 0 Å². The SMILES string of the molecule is C=C(C)C1=C(/C=C(/N)C(=C)OC)CC=CCC1. The van der Waals surface area contributed by atoms with Gasteiger partial charge in [0.05, 0.1) is 12.8 Å². The Bertz CT molecular complexity index is 411. The van der Waals surface area contributed by atoms with Crippen LogP contribution in [-0.2, 0) is 4.74 Å². The summed E-state index contributed by atoms with van der Waals surface area (Å²) in [6.07, 6.45) is 9.29. The Morgan fingerprint density at radius 3 is 2.71 bits per heavy atom. The number of methoxy groups -OCH3 is 1. The van der Waals surface area contributed by atoms with E-state index < -0.39 is 0 Å². The molecule has 0 aromatic carbocycles. The van der Waals surface area contributed by atoms with E-state index in [2.05, 4.69) is 25.3 Å². The molecule has 0 radical (unpaired) electrons. The van der Waals surface area contributed by atoms with Crippen molar-refractivity contribution in [3.63, 3.8) is 0 Å². The molecule has 0 atom stereocenters. The van der Waals surface area contributed by atoms with Crippen LogP contribution in [0.15, 0.2) is 59.6 Å². The van der Waals surface area contributed by atoms with Crippen molar-refractivity contribution in [3.05, 3.63) is 59.6 Å². The van der Waals surface area contributed by atoms with Gasteiger partial charge in [-0.3, -0.25) is 0 Å². The van der Waals surface area contributed by atoms with Crippen LogP contribution in [0.2, 0.25) is 0 Å². The minimum Gasteiger partial charge on any atom is -0.495 e. The van der Waals surface area contributed by atoms with Gasteiger partial charge in [0.1, 0.15) is 5.76 Å². The van der Waals surface area contributed by atoms with Crippen LogP contribution in [0.4, 0.5) is 0 Å². The predicted molar refractivity (Wildman–Crippen MR) is 73.3 cm³/mol. The van der Waals surface area contributed by atoms with Gasteiger partial charge in [-0.25, -0.2) is 0 Å². The summed E-state index contributed by atoms with van der Waals surface area (Å²) < 4.78 is 5.03. The summed E-state index contributed by atoms with van der Waals surface area (Å²) in [4.78, 5) is 0. The summed E-state index contributed by atoms with van der Waals surface area (Å²) in [5.41, 5.74) is 10.1. The Labute approximate surface area is 104 Å². The molecule has 0 fully saturated rings. The van der Waals surface area contributed by atoms with Gasteiger partial charge in [0.15, 0.2) is 0 Å². The highest BCUT2D eigenvalue weighted by atomic mass is 16.5. The van der Waals surface area contributed by atoms with Gasteiger partial charge >= 0.3 is 0 Å². The van der Waals surface area contributed by atoms with Gasteiger partial charge in [-0.05, 0) is 43.4 Å². The van der Waals surface area contributed by atoms with Crippen molar-refractivity contribution >= 4 is 0 Å². The monoisotopic (exact) mass is 231 g/mol. The number of hydrogen-bond acceptors (Lipinski definition) is 2. The molecule has 0 saturated carbocycles. The zero-order chi connectivity index (χ0) is 12.8. The lowest BCUT2D eigenvalue weighted by molar-refractivity contribution is 0.302. The second kappa shape index (κ2) is 6.14. The van der Waals surface area contributed by atoms with Crippen LogP contribution < -0.4 is 5.73 Å². The Kier molecular flexibility index (Phi) is 4.83. The molecule has 0 unspecified atom stereocenters. The largest absolute Gasteiger partial charge is 0.495 e. The molecule has 1 aliphatic carbocycles. The molecule has 0 aromatic heterocycles. The van der Waals surface area contributed by atoms with Crippen LogP contribution in [-0.4, -0.2) is 7.11 Å². The molecule has 0 amide bonds. The molecular weight excluding hydrogens is 210 g/mol. The van der Waals surface area contributed by atoms with Gasteiger partial charge in [-0.2, -0.15) is 0 Å². The minimum absolute atomic E-state index is 0.506. The van der Waals surface area contributed by atoms with Crippen molar-refractivity contribution in [2.45, 2.75) is 26.2 Å². The van der Waals surface area contributed by atoms with Crippen molar-refractivity contribution < 1.29 is 4.74 Å². The number of ether oxygens (including phenoxy) is 1.